The summed E-state index contributed by atoms with van der Waals surface area (Å²) in [6.45, 7) is 2.56. The van der Waals surface area contributed by atoms with Crippen molar-refractivity contribution in [2.24, 2.45) is 0 Å². The van der Waals surface area contributed by atoms with Crippen molar-refractivity contribution in [2.45, 2.75) is 18.6 Å². The molecule has 0 bridgehead atoms. The third kappa shape index (κ3) is 4.05. The third-order valence-corrected chi connectivity index (χ3v) is 4.43. The maximum atomic E-state index is 13.2. The predicted molar refractivity (Wildman–Crippen MR) is 94.6 cm³/mol. The van der Waals surface area contributed by atoms with Crippen LogP contribution in [0.3, 0.4) is 0 Å². The first kappa shape index (κ1) is 18.0. The van der Waals surface area contributed by atoms with Crippen LogP contribution in [-0.4, -0.2) is 31.4 Å². The molecule has 2 heterocycles. The number of amides is 1. The standard InChI is InChI=1S/C17H15F2N5OS/c1-2-24-16(14-5-3-4-8-20-14)22-23-17(24)26-10-15(25)21-11-6-7-12(18)13(19)9-11/h3-9H,2,10H2,1H3,(H,21,25). The lowest BCUT2D eigenvalue weighted by Crippen LogP contribution is -2.15. The Bertz CT molecular complexity index is 917. The van der Waals surface area contributed by atoms with Crippen molar-refractivity contribution in [3.8, 4) is 11.5 Å². The van der Waals surface area contributed by atoms with Crippen molar-refractivity contribution in [3.63, 3.8) is 0 Å². The molecular formula is C17H15F2N5OS. The molecule has 134 valence electrons. The molecule has 3 aromatic rings. The number of anilines is 1. The summed E-state index contributed by atoms with van der Waals surface area (Å²) in [5, 5.41) is 11.4. The van der Waals surface area contributed by atoms with Gasteiger partial charge in [-0.15, -0.1) is 10.2 Å². The number of nitrogens with one attached hydrogen (secondary N) is 1. The summed E-state index contributed by atoms with van der Waals surface area (Å²) in [4.78, 5) is 16.3. The van der Waals surface area contributed by atoms with E-state index in [4.69, 9.17) is 0 Å². The highest BCUT2D eigenvalue weighted by Crippen LogP contribution is 2.23. The van der Waals surface area contributed by atoms with E-state index >= 15 is 0 Å². The Balaban J connectivity index is 1.67. The molecule has 2 aromatic heterocycles. The topological polar surface area (TPSA) is 72.7 Å². The second-order valence-electron chi connectivity index (χ2n) is 5.23. The minimum atomic E-state index is -1.01. The Hall–Kier alpha value is -2.81. The Morgan fingerprint density at radius 1 is 1.19 bits per heavy atom. The molecular weight excluding hydrogens is 360 g/mol. The van der Waals surface area contributed by atoms with Crippen LogP contribution in [0.5, 0.6) is 0 Å². The molecule has 0 fully saturated rings. The molecule has 1 amide bonds. The van der Waals surface area contributed by atoms with Gasteiger partial charge in [-0.1, -0.05) is 17.8 Å². The number of benzene rings is 1. The molecule has 0 saturated carbocycles. The van der Waals surface area contributed by atoms with Gasteiger partial charge in [-0.05, 0) is 31.2 Å². The van der Waals surface area contributed by atoms with Gasteiger partial charge in [-0.3, -0.25) is 9.78 Å². The fourth-order valence-electron chi connectivity index (χ4n) is 2.27. The van der Waals surface area contributed by atoms with Crippen molar-refractivity contribution < 1.29 is 13.6 Å². The van der Waals surface area contributed by atoms with Crippen LogP contribution in [0.15, 0.2) is 47.8 Å². The molecule has 0 aliphatic heterocycles. The van der Waals surface area contributed by atoms with Gasteiger partial charge in [0.15, 0.2) is 22.6 Å². The van der Waals surface area contributed by atoms with E-state index in [1.54, 1.807) is 6.20 Å². The van der Waals surface area contributed by atoms with E-state index in [9.17, 15) is 13.6 Å². The van der Waals surface area contributed by atoms with Crippen LogP contribution in [0.2, 0.25) is 0 Å². The van der Waals surface area contributed by atoms with Crippen molar-refractivity contribution in [1.82, 2.24) is 19.7 Å². The van der Waals surface area contributed by atoms with Crippen LogP contribution in [-0.2, 0) is 11.3 Å². The minimum absolute atomic E-state index is 0.0549. The molecule has 6 nitrogen and oxygen atoms in total. The highest BCUT2D eigenvalue weighted by Gasteiger charge is 2.15. The number of carbonyl (C=O) groups is 1. The van der Waals surface area contributed by atoms with Gasteiger partial charge in [0, 0.05) is 24.5 Å². The van der Waals surface area contributed by atoms with Crippen molar-refractivity contribution in [3.05, 3.63) is 54.2 Å². The van der Waals surface area contributed by atoms with Gasteiger partial charge < -0.3 is 9.88 Å². The maximum absolute atomic E-state index is 13.2. The Morgan fingerprint density at radius 2 is 2.04 bits per heavy atom. The molecule has 26 heavy (non-hydrogen) atoms. The van der Waals surface area contributed by atoms with Gasteiger partial charge in [-0.2, -0.15) is 0 Å². The Morgan fingerprint density at radius 3 is 2.73 bits per heavy atom. The zero-order chi connectivity index (χ0) is 18.5. The van der Waals surface area contributed by atoms with E-state index in [-0.39, 0.29) is 17.3 Å². The van der Waals surface area contributed by atoms with Crippen LogP contribution in [0.1, 0.15) is 6.92 Å². The molecule has 0 saturated heterocycles. The average Bonchev–Trinajstić information content (AvgIpc) is 3.07. The van der Waals surface area contributed by atoms with Gasteiger partial charge in [0.05, 0.1) is 5.75 Å². The monoisotopic (exact) mass is 375 g/mol. The fraction of sp³-hybridized carbons (Fsp3) is 0.176. The summed E-state index contributed by atoms with van der Waals surface area (Å²) in [7, 11) is 0. The van der Waals surface area contributed by atoms with E-state index in [2.05, 4.69) is 20.5 Å². The molecule has 9 heteroatoms. The number of hydrogen-bond acceptors (Lipinski definition) is 5. The first-order valence-corrected chi connectivity index (χ1v) is 8.79. The number of aromatic nitrogens is 4. The smallest absolute Gasteiger partial charge is 0.234 e. The normalized spacial score (nSPS) is 10.7. The zero-order valence-electron chi connectivity index (χ0n) is 13.8. The summed E-state index contributed by atoms with van der Waals surface area (Å²) < 4.78 is 28.0. The quantitative estimate of drug-likeness (QED) is 0.669. The van der Waals surface area contributed by atoms with E-state index in [0.29, 0.717) is 23.2 Å². The third-order valence-electron chi connectivity index (χ3n) is 3.46. The number of nitrogens with zero attached hydrogens (tertiary/aromatic N) is 4. The average molecular weight is 375 g/mol. The second kappa shape index (κ2) is 8.05. The van der Waals surface area contributed by atoms with Crippen LogP contribution < -0.4 is 5.32 Å². The van der Waals surface area contributed by atoms with Crippen molar-refractivity contribution in [2.75, 3.05) is 11.1 Å². The first-order valence-electron chi connectivity index (χ1n) is 7.80. The Labute approximate surface area is 152 Å². The van der Waals surface area contributed by atoms with Crippen LogP contribution in [0, 0.1) is 11.6 Å². The predicted octanol–water partition coefficient (Wildman–Crippen LogP) is 3.37. The lowest BCUT2D eigenvalue weighted by atomic mass is 10.3. The molecule has 0 atom stereocenters. The minimum Gasteiger partial charge on any atom is -0.325 e. The fourth-order valence-corrected chi connectivity index (χ4v) is 3.07. The van der Waals surface area contributed by atoms with Crippen LogP contribution >= 0.6 is 11.8 Å². The number of hydrogen-bond donors (Lipinski definition) is 1. The van der Waals surface area contributed by atoms with Gasteiger partial charge in [0.1, 0.15) is 5.69 Å². The van der Waals surface area contributed by atoms with Gasteiger partial charge in [-0.25, -0.2) is 8.78 Å². The summed E-state index contributed by atoms with van der Waals surface area (Å²) in [5.74, 6) is -1.65. The van der Waals surface area contributed by atoms with E-state index in [0.717, 1.165) is 12.1 Å². The number of carbonyl (C=O) groups excluding carboxylic acids is 1. The van der Waals surface area contributed by atoms with Gasteiger partial charge >= 0.3 is 0 Å². The summed E-state index contributed by atoms with van der Waals surface area (Å²) in [6, 6.07) is 8.71. The molecule has 0 radical (unpaired) electrons. The second-order valence-corrected chi connectivity index (χ2v) is 6.17. The molecule has 0 spiro atoms. The molecule has 0 aliphatic rings. The largest absolute Gasteiger partial charge is 0.325 e. The number of halogens is 2. The van der Waals surface area contributed by atoms with E-state index in [1.807, 2.05) is 29.7 Å². The van der Waals surface area contributed by atoms with Gasteiger partial charge in [0.2, 0.25) is 5.91 Å². The summed E-state index contributed by atoms with van der Waals surface area (Å²) in [5.41, 5.74) is 0.889. The number of pyridine rings is 1. The lowest BCUT2D eigenvalue weighted by molar-refractivity contribution is -0.113. The SMILES string of the molecule is CCn1c(SCC(=O)Nc2ccc(F)c(F)c2)nnc1-c1ccccn1. The van der Waals surface area contributed by atoms with E-state index < -0.39 is 11.6 Å². The summed E-state index contributed by atoms with van der Waals surface area (Å²) >= 11 is 1.20. The highest BCUT2D eigenvalue weighted by atomic mass is 32.2. The Kier molecular flexibility index (Phi) is 5.57. The molecule has 0 aliphatic carbocycles. The summed E-state index contributed by atoms with van der Waals surface area (Å²) in [6.07, 6.45) is 1.67. The number of rotatable bonds is 6. The first-order chi connectivity index (χ1) is 12.6. The lowest BCUT2D eigenvalue weighted by Gasteiger charge is -2.07. The van der Waals surface area contributed by atoms with E-state index in [1.165, 1.54) is 17.8 Å². The molecule has 3 rings (SSSR count). The van der Waals surface area contributed by atoms with Crippen molar-refractivity contribution in [1.29, 1.82) is 0 Å². The number of thioether (sulfide) groups is 1. The molecule has 1 N–H and O–H groups in total. The molecule has 1 aromatic carbocycles. The maximum Gasteiger partial charge on any atom is 0.234 e. The van der Waals surface area contributed by atoms with Gasteiger partial charge in [0.25, 0.3) is 0 Å². The van der Waals surface area contributed by atoms with Crippen LogP contribution in [0.4, 0.5) is 14.5 Å². The highest BCUT2D eigenvalue weighted by molar-refractivity contribution is 7.99. The molecule has 0 unspecified atom stereocenters. The van der Waals surface area contributed by atoms with Crippen LogP contribution in [0.25, 0.3) is 11.5 Å². The zero-order valence-corrected chi connectivity index (χ0v) is 14.6. The van der Waals surface area contributed by atoms with Crippen molar-refractivity contribution >= 4 is 23.4 Å².